The summed E-state index contributed by atoms with van der Waals surface area (Å²) in [5, 5.41) is 0. The number of ether oxygens (including phenoxy) is 2. The number of piperazine rings is 1. The van der Waals surface area contributed by atoms with Crippen LogP contribution in [-0.4, -0.2) is 50.8 Å². The van der Waals surface area contributed by atoms with Gasteiger partial charge in [0.1, 0.15) is 18.1 Å². The maximum Gasteiger partial charge on any atom is 0.131 e. The van der Waals surface area contributed by atoms with Crippen molar-refractivity contribution >= 4 is 16.8 Å². The third-order valence-electron chi connectivity index (χ3n) is 6.82. The molecule has 2 aliphatic rings. The van der Waals surface area contributed by atoms with E-state index in [1.165, 1.54) is 28.0 Å². The third-order valence-corrected chi connectivity index (χ3v) is 6.82. The van der Waals surface area contributed by atoms with Crippen LogP contribution < -0.4 is 14.4 Å². The first-order valence-electron chi connectivity index (χ1n) is 11.8. The first-order chi connectivity index (χ1) is 16.1. The van der Waals surface area contributed by atoms with Crippen LogP contribution in [0.5, 0.6) is 11.5 Å². The number of methoxy groups -OCH3 is 1. The van der Waals surface area contributed by atoms with Crippen LogP contribution in [0.2, 0.25) is 0 Å². The summed E-state index contributed by atoms with van der Waals surface area (Å²) in [5.74, 6) is 1.69. The SMILES string of the molecule is COc1ccc2c(c1)OCC(c1ccccc1)=C2c1ccc(N2CCN(C(C)C)CC2)cc1. The molecule has 0 atom stereocenters. The molecule has 1 saturated heterocycles. The van der Waals surface area contributed by atoms with Crippen LogP contribution in [-0.2, 0) is 0 Å². The lowest BCUT2D eigenvalue weighted by Crippen LogP contribution is -2.48. The predicted molar refractivity (Wildman–Crippen MR) is 136 cm³/mol. The highest BCUT2D eigenvalue weighted by Crippen LogP contribution is 2.42. The summed E-state index contributed by atoms with van der Waals surface area (Å²) in [6.07, 6.45) is 0. The van der Waals surface area contributed by atoms with E-state index < -0.39 is 0 Å². The molecular weight excluding hydrogens is 408 g/mol. The van der Waals surface area contributed by atoms with Gasteiger partial charge in [-0.25, -0.2) is 0 Å². The number of fused-ring (bicyclic) bond motifs is 1. The van der Waals surface area contributed by atoms with Gasteiger partial charge < -0.3 is 14.4 Å². The van der Waals surface area contributed by atoms with Gasteiger partial charge in [-0.2, -0.15) is 0 Å². The highest BCUT2D eigenvalue weighted by molar-refractivity contribution is 6.01. The molecule has 0 unspecified atom stereocenters. The molecule has 0 aromatic heterocycles. The van der Waals surface area contributed by atoms with Crippen molar-refractivity contribution in [3.8, 4) is 11.5 Å². The van der Waals surface area contributed by atoms with Crippen molar-refractivity contribution < 1.29 is 9.47 Å². The fraction of sp³-hybridized carbons (Fsp3) is 0.310. The van der Waals surface area contributed by atoms with E-state index in [2.05, 4.69) is 84.3 Å². The Bertz CT molecular complexity index is 1130. The van der Waals surface area contributed by atoms with Gasteiger partial charge >= 0.3 is 0 Å². The van der Waals surface area contributed by atoms with Crippen LogP contribution in [0.4, 0.5) is 5.69 Å². The van der Waals surface area contributed by atoms with Crippen molar-refractivity contribution in [3.05, 3.63) is 89.5 Å². The van der Waals surface area contributed by atoms with Crippen molar-refractivity contribution in [2.24, 2.45) is 0 Å². The highest BCUT2D eigenvalue weighted by atomic mass is 16.5. The van der Waals surface area contributed by atoms with Crippen LogP contribution in [0, 0.1) is 0 Å². The quantitative estimate of drug-likeness (QED) is 0.517. The van der Waals surface area contributed by atoms with Crippen molar-refractivity contribution in [1.82, 2.24) is 4.90 Å². The second-order valence-electron chi connectivity index (χ2n) is 9.03. The molecule has 5 rings (SSSR count). The van der Waals surface area contributed by atoms with Crippen LogP contribution in [0.15, 0.2) is 72.8 Å². The average Bonchev–Trinajstić information content (AvgIpc) is 2.88. The van der Waals surface area contributed by atoms with Crippen LogP contribution in [0.3, 0.4) is 0 Å². The molecule has 1 fully saturated rings. The second-order valence-corrected chi connectivity index (χ2v) is 9.03. The average molecular weight is 441 g/mol. The van der Waals surface area contributed by atoms with Crippen molar-refractivity contribution in [2.75, 3.05) is 44.8 Å². The predicted octanol–water partition coefficient (Wildman–Crippen LogP) is 5.58. The maximum absolute atomic E-state index is 6.18. The summed E-state index contributed by atoms with van der Waals surface area (Å²) in [6.45, 7) is 9.49. The minimum Gasteiger partial charge on any atom is -0.497 e. The molecule has 3 aromatic carbocycles. The highest BCUT2D eigenvalue weighted by Gasteiger charge is 2.24. The van der Waals surface area contributed by atoms with Crippen LogP contribution in [0.25, 0.3) is 11.1 Å². The minimum atomic E-state index is 0.540. The van der Waals surface area contributed by atoms with Gasteiger partial charge in [0.2, 0.25) is 0 Å². The summed E-state index contributed by atoms with van der Waals surface area (Å²) in [6, 6.07) is 26.4. The first-order valence-corrected chi connectivity index (χ1v) is 11.8. The minimum absolute atomic E-state index is 0.540. The number of hydrogen-bond acceptors (Lipinski definition) is 4. The lowest BCUT2D eigenvalue weighted by Gasteiger charge is -2.38. The maximum atomic E-state index is 6.18. The Morgan fingerprint density at radius 1 is 0.818 bits per heavy atom. The van der Waals surface area contributed by atoms with Gasteiger partial charge in [0.25, 0.3) is 0 Å². The molecule has 2 aliphatic heterocycles. The number of hydrogen-bond donors (Lipinski definition) is 0. The van der Waals surface area contributed by atoms with Gasteiger partial charge in [0, 0.05) is 55.1 Å². The Morgan fingerprint density at radius 3 is 2.21 bits per heavy atom. The number of rotatable bonds is 5. The van der Waals surface area contributed by atoms with Crippen molar-refractivity contribution in [2.45, 2.75) is 19.9 Å². The molecule has 170 valence electrons. The van der Waals surface area contributed by atoms with Gasteiger partial charge in [0.05, 0.1) is 7.11 Å². The molecule has 0 N–H and O–H groups in total. The Hall–Kier alpha value is -3.24. The monoisotopic (exact) mass is 440 g/mol. The van der Waals surface area contributed by atoms with E-state index in [4.69, 9.17) is 9.47 Å². The molecule has 0 radical (unpaired) electrons. The summed E-state index contributed by atoms with van der Waals surface area (Å²) >= 11 is 0. The third kappa shape index (κ3) is 4.36. The molecule has 0 aliphatic carbocycles. The summed E-state index contributed by atoms with van der Waals surface area (Å²) in [5.41, 5.74) is 7.27. The van der Waals surface area contributed by atoms with E-state index in [1.807, 2.05) is 12.1 Å². The van der Waals surface area contributed by atoms with Gasteiger partial charge in [-0.1, -0.05) is 42.5 Å². The lowest BCUT2D eigenvalue weighted by atomic mass is 9.87. The largest absolute Gasteiger partial charge is 0.497 e. The fourth-order valence-corrected chi connectivity index (χ4v) is 4.87. The molecule has 0 saturated carbocycles. The lowest BCUT2D eigenvalue weighted by molar-refractivity contribution is 0.209. The molecule has 4 nitrogen and oxygen atoms in total. The zero-order valence-electron chi connectivity index (χ0n) is 19.8. The van der Waals surface area contributed by atoms with Crippen LogP contribution >= 0.6 is 0 Å². The summed E-state index contributed by atoms with van der Waals surface area (Å²) in [7, 11) is 1.69. The van der Waals surface area contributed by atoms with E-state index in [1.54, 1.807) is 7.11 Å². The topological polar surface area (TPSA) is 24.9 Å². The Kier molecular flexibility index (Phi) is 6.10. The van der Waals surface area contributed by atoms with Crippen molar-refractivity contribution in [3.63, 3.8) is 0 Å². The number of nitrogens with zero attached hydrogens (tertiary/aromatic N) is 2. The second kappa shape index (κ2) is 9.32. The Balaban J connectivity index is 1.50. The van der Waals surface area contributed by atoms with E-state index in [0.29, 0.717) is 12.6 Å². The van der Waals surface area contributed by atoms with Crippen molar-refractivity contribution in [1.29, 1.82) is 0 Å². The van der Waals surface area contributed by atoms with Crippen LogP contribution in [0.1, 0.15) is 30.5 Å². The smallest absolute Gasteiger partial charge is 0.131 e. The van der Waals surface area contributed by atoms with E-state index in [0.717, 1.165) is 43.2 Å². The Morgan fingerprint density at radius 2 is 1.55 bits per heavy atom. The molecule has 0 spiro atoms. The molecule has 0 bridgehead atoms. The normalized spacial score (nSPS) is 16.5. The van der Waals surface area contributed by atoms with E-state index in [-0.39, 0.29) is 0 Å². The van der Waals surface area contributed by atoms with Gasteiger partial charge in [-0.15, -0.1) is 0 Å². The zero-order chi connectivity index (χ0) is 22.8. The molecule has 0 amide bonds. The van der Waals surface area contributed by atoms with Gasteiger partial charge in [-0.3, -0.25) is 4.90 Å². The molecule has 3 aromatic rings. The number of benzene rings is 3. The summed E-state index contributed by atoms with van der Waals surface area (Å²) in [4.78, 5) is 5.05. The molecular formula is C29H32N2O2. The van der Waals surface area contributed by atoms with E-state index in [9.17, 15) is 0 Å². The standard InChI is InChI=1S/C29H32N2O2/c1-21(2)30-15-17-31(18-16-30)24-11-9-23(10-12-24)29-26-14-13-25(32-3)19-28(26)33-20-27(29)22-7-5-4-6-8-22/h4-14,19,21H,15-18,20H2,1-3H3. The fourth-order valence-electron chi connectivity index (χ4n) is 4.87. The van der Waals surface area contributed by atoms with Gasteiger partial charge in [0.15, 0.2) is 0 Å². The Labute approximate surface area is 197 Å². The molecule has 33 heavy (non-hydrogen) atoms. The molecule has 4 heteroatoms. The molecule has 2 heterocycles. The van der Waals surface area contributed by atoms with E-state index >= 15 is 0 Å². The number of anilines is 1. The zero-order valence-corrected chi connectivity index (χ0v) is 19.8. The summed E-state index contributed by atoms with van der Waals surface area (Å²) < 4.78 is 11.6. The van der Waals surface area contributed by atoms with Gasteiger partial charge in [-0.05, 0) is 54.8 Å². The first kappa shape index (κ1) is 21.6.